The van der Waals surface area contributed by atoms with Crippen LogP contribution >= 0.6 is 0 Å². The lowest BCUT2D eigenvalue weighted by Crippen LogP contribution is -2.47. The predicted molar refractivity (Wildman–Crippen MR) is 136 cm³/mol. The molecule has 0 fully saturated rings. The van der Waals surface area contributed by atoms with E-state index in [4.69, 9.17) is 9.47 Å². The number of H-pyrrole nitrogens is 2. The Labute approximate surface area is 204 Å². The first kappa shape index (κ1) is 24.2. The monoisotopic (exact) mass is 474 g/mol. The highest BCUT2D eigenvalue weighted by atomic mass is 16.5. The topological polar surface area (TPSA) is 114 Å². The number of hydrogen-bond acceptors (Lipinski definition) is 6. The molecule has 3 N–H and O–H groups in total. The van der Waals surface area contributed by atoms with Gasteiger partial charge in [-0.3, -0.25) is 0 Å². The van der Waals surface area contributed by atoms with E-state index in [1.807, 2.05) is 36.5 Å². The van der Waals surface area contributed by atoms with E-state index < -0.39 is 12.1 Å². The van der Waals surface area contributed by atoms with Gasteiger partial charge in [0.2, 0.25) is 0 Å². The zero-order chi connectivity index (χ0) is 25.2. The zero-order valence-electron chi connectivity index (χ0n) is 20.4. The Morgan fingerprint density at radius 1 is 1.17 bits per heavy atom. The number of β-amino-alcohol motifs (C(OH)–C–C–N with tert-alkyl or cyclic N) is 1. The number of aliphatic hydroxyl groups is 1. The summed E-state index contributed by atoms with van der Waals surface area (Å²) < 4.78 is 11.1. The number of carbonyl (C=O) groups excluding carboxylic acids is 1. The normalized spacial score (nSPS) is 12.5. The number of nitriles is 1. The Hall–Kier alpha value is -3.96. The summed E-state index contributed by atoms with van der Waals surface area (Å²) in [6.07, 6.45) is 1.11. The van der Waals surface area contributed by atoms with Crippen LogP contribution in [0.4, 0.5) is 5.69 Å². The third kappa shape index (κ3) is 5.10. The van der Waals surface area contributed by atoms with Crippen LogP contribution in [-0.4, -0.2) is 52.4 Å². The van der Waals surface area contributed by atoms with Gasteiger partial charge in [-0.05, 0) is 64.1 Å². The van der Waals surface area contributed by atoms with Crippen LogP contribution in [0.3, 0.4) is 0 Å². The second-order valence-electron chi connectivity index (χ2n) is 9.41. The first-order valence-corrected chi connectivity index (χ1v) is 11.6. The maximum atomic E-state index is 12.1. The molecule has 0 aliphatic heterocycles. The van der Waals surface area contributed by atoms with Gasteiger partial charge in [0.15, 0.2) is 0 Å². The van der Waals surface area contributed by atoms with E-state index in [0.717, 1.165) is 27.5 Å². The molecular weight excluding hydrogens is 444 g/mol. The highest BCUT2D eigenvalue weighted by molar-refractivity contribution is 5.97. The van der Waals surface area contributed by atoms with Crippen LogP contribution in [0.1, 0.15) is 43.7 Å². The van der Waals surface area contributed by atoms with Gasteiger partial charge in [0, 0.05) is 40.1 Å². The summed E-state index contributed by atoms with van der Waals surface area (Å²) in [4.78, 5) is 20.5. The molecule has 0 spiro atoms. The second kappa shape index (κ2) is 9.72. The van der Waals surface area contributed by atoms with Crippen LogP contribution in [-0.2, 0) is 4.74 Å². The molecule has 182 valence electrons. The van der Waals surface area contributed by atoms with Crippen molar-refractivity contribution in [3.05, 3.63) is 59.9 Å². The number of nitrogens with zero attached hydrogens (tertiary/aromatic N) is 2. The third-order valence-electron chi connectivity index (χ3n) is 5.83. The number of anilines is 1. The Bertz CT molecular complexity index is 1390. The Morgan fingerprint density at radius 3 is 2.69 bits per heavy atom. The zero-order valence-corrected chi connectivity index (χ0v) is 20.4. The minimum absolute atomic E-state index is 0.0669. The first-order valence-electron chi connectivity index (χ1n) is 11.6. The number of aromatic nitrogens is 2. The van der Waals surface area contributed by atoms with Gasteiger partial charge in [0.25, 0.3) is 0 Å². The van der Waals surface area contributed by atoms with E-state index in [9.17, 15) is 15.2 Å². The van der Waals surface area contributed by atoms with E-state index in [1.54, 1.807) is 19.1 Å². The lowest BCUT2D eigenvalue weighted by molar-refractivity contribution is 0.0520. The average molecular weight is 475 g/mol. The van der Waals surface area contributed by atoms with Crippen molar-refractivity contribution in [2.24, 2.45) is 0 Å². The van der Waals surface area contributed by atoms with Crippen molar-refractivity contribution in [2.45, 2.75) is 39.3 Å². The quantitative estimate of drug-likeness (QED) is 0.318. The molecule has 2 aromatic heterocycles. The number of nitrogens with one attached hydrogen (secondary N) is 2. The lowest BCUT2D eigenvalue weighted by atomic mass is 10.0. The van der Waals surface area contributed by atoms with E-state index in [-0.39, 0.29) is 12.1 Å². The smallest absolute Gasteiger partial charge is 0.354 e. The standard InChI is InChI=1S/C27H30N4O4/c1-5-34-26(33)23-12-20-22(30-23)7-6-8-25(20)35-16-18(32)15-31(27(2,3)4)24-14-29-21-10-9-17(13-28)11-19(21)24/h6-12,14,18,29-30,32H,5,15-16H2,1-4H3. The van der Waals surface area contributed by atoms with Crippen LogP contribution in [0.2, 0.25) is 0 Å². The molecule has 8 heteroatoms. The maximum absolute atomic E-state index is 12.1. The molecule has 0 bridgehead atoms. The van der Waals surface area contributed by atoms with E-state index in [2.05, 4.69) is 41.7 Å². The second-order valence-corrected chi connectivity index (χ2v) is 9.41. The molecule has 0 saturated carbocycles. The molecule has 8 nitrogen and oxygen atoms in total. The number of aliphatic hydroxyl groups excluding tert-OH is 1. The highest BCUT2D eigenvalue weighted by Crippen LogP contribution is 2.33. The van der Waals surface area contributed by atoms with Gasteiger partial charge in [-0.2, -0.15) is 5.26 Å². The summed E-state index contributed by atoms with van der Waals surface area (Å²) in [5.41, 5.74) is 3.23. The summed E-state index contributed by atoms with van der Waals surface area (Å²) in [6, 6.07) is 14.9. The Balaban J connectivity index is 1.53. The van der Waals surface area contributed by atoms with E-state index in [1.165, 1.54) is 0 Å². The van der Waals surface area contributed by atoms with Crippen LogP contribution in [0.15, 0.2) is 48.7 Å². The molecule has 4 rings (SSSR count). The fraction of sp³-hybridized carbons (Fsp3) is 0.333. The molecule has 1 unspecified atom stereocenters. The maximum Gasteiger partial charge on any atom is 0.354 e. The molecule has 4 aromatic rings. The van der Waals surface area contributed by atoms with E-state index in [0.29, 0.717) is 30.2 Å². The minimum Gasteiger partial charge on any atom is -0.490 e. The number of aromatic amines is 2. The number of carbonyl (C=O) groups is 1. The van der Waals surface area contributed by atoms with Crippen molar-refractivity contribution in [1.82, 2.24) is 9.97 Å². The van der Waals surface area contributed by atoms with Crippen LogP contribution in [0, 0.1) is 11.3 Å². The summed E-state index contributed by atoms with van der Waals surface area (Å²) in [5, 5.41) is 21.9. The molecule has 0 amide bonds. The molecular formula is C27H30N4O4. The third-order valence-corrected chi connectivity index (χ3v) is 5.83. The van der Waals surface area contributed by atoms with Gasteiger partial charge in [0.1, 0.15) is 24.2 Å². The number of benzene rings is 2. The number of hydrogen-bond donors (Lipinski definition) is 3. The van der Waals surface area contributed by atoms with Crippen molar-refractivity contribution in [3.8, 4) is 11.8 Å². The fourth-order valence-electron chi connectivity index (χ4n) is 4.15. The summed E-state index contributed by atoms with van der Waals surface area (Å²) in [7, 11) is 0. The average Bonchev–Trinajstić information content (AvgIpc) is 3.44. The molecule has 2 aromatic carbocycles. The molecule has 0 aliphatic rings. The number of ether oxygens (including phenoxy) is 2. The van der Waals surface area contributed by atoms with Gasteiger partial charge in [0.05, 0.1) is 23.9 Å². The van der Waals surface area contributed by atoms with Crippen molar-refractivity contribution < 1.29 is 19.4 Å². The van der Waals surface area contributed by atoms with Gasteiger partial charge in [-0.1, -0.05) is 6.07 Å². The molecule has 2 heterocycles. The predicted octanol–water partition coefficient (Wildman–Crippen LogP) is 4.74. The lowest BCUT2D eigenvalue weighted by Gasteiger charge is -2.38. The van der Waals surface area contributed by atoms with Crippen molar-refractivity contribution in [3.63, 3.8) is 0 Å². The van der Waals surface area contributed by atoms with Crippen LogP contribution in [0.25, 0.3) is 21.8 Å². The van der Waals surface area contributed by atoms with Crippen LogP contribution in [0.5, 0.6) is 5.75 Å². The number of fused-ring (bicyclic) bond motifs is 2. The van der Waals surface area contributed by atoms with Crippen molar-refractivity contribution in [2.75, 3.05) is 24.7 Å². The largest absolute Gasteiger partial charge is 0.490 e. The van der Waals surface area contributed by atoms with Crippen molar-refractivity contribution in [1.29, 1.82) is 5.26 Å². The summed E-state index contributed by atoms with van der Waals surface area (Å²) in [5.74, 6) is 0.148. The molecule has 0 radical (unpaired) electrons. The first-order chi connectivity index (χ1) is 16.7. The molecule has 1 atom stereocenters. The van der Waals surface area contributed by atoms with Crippen molar-refractivity contribution >= 4 is 33.5 Å². The Morgan fingerprint density at radius 2 is 1.97 bits per heavy atom. The van der Waals surface area contributed by atoms with Crippen LogP contribution < -0.4 is 9.64 Å². The minimum atomic E-state index is -0.794. The number of rotatable bonds is 8. The Kier molecular flexibility index (Phi) is 6.72. The fourth-order valence-corrected chi connectivity index (χ4v) is 4.15. The molecule has 0 saturated heterocycles. The van der Waals surface area contributed by atoms with Gasteiger partial charge in [-0.15, -0.1) is 0 Å². The SMILES string of the molecule is CCOC(=O)c1cc2c(OCC(O)CN(c3c[nH]c4ccc(C#N)cc34)C(C)(C)C)cccc2[nH]1. The van der Waals surface area contributed by atoms with Gasteiger partial charge < -0.3 is 29.4 Å². The summed E-state index contributed by atoms with van der Waals surface area (Å²) >= 11 is 0. The van der Waals surface area contributed by atoms with Gasteiger partial charge in [-0.25, -0.2) is 4.79 Å². The highest BCUT2D eigenvalue weighted by Gasteiger charge is 2.27. The number of esters is 1. The van der Waals surface area contributed by atoms with Gasteiger partial charge >= 0.3 is 5.97 Å². The summed E-state index contributed by atoms with van der Waals surface area (Å²) in [6.45, 7) is 8.67. The molecule has 35 heavy (non-hydrogen) atoms. The van der Waals surface area contributed by atoms with E-state index >= 15 is 0 Å². The molecule has 0 aliphatic carbocycles.